The van der Waals surface area contributed by atoms with Gasteiger partial charge in [-0.15, -0.1) is 0 Å². The molecule has 1 N–H and O–H groups in total. The average Bonchev–Trinajstić information content (AvgIpc) is 2.83. The van der Waals surface area contributed by atoms with Crippen LogP contribution in [0.25, 0.3) is 0 Å². The Morgan fingerprint density at radius 3 is 2.26 bits per heavy atom. The van der Waals surface area contributed by atoms with Crippen LogP contribution in [0.2, 0.25) is 0 Å². The second kappa shape index (κ2) is 11.3. The zero-order valence-electron chi connectivity index (χ0n) is 20.2. The van der Waals surface area contributed by atoms with E-state index < -0.39 is 10.0 Å². The standard InChI is InChI=1S/C26H30FN3O4S/c1-19-8-14-24(15-9-19)35(32,33)30(4)22-10-12-23(13-11-22)34-18-26(31)28-17-25(29(2)3)20-6-5-7-21(27)16-20/h5-16,25H,17-18H2,1-4H3,(H,28,31)/t25-/m0/s1. The van der Waals surface area contributed by atoms with Crippen LogP contribution in [0.5, 0.6) is 5.75 Å². The molecule has 0 aromatic heterocycles. The number of carbonyl (C=O) groups excluding carboxylic acids is 1. The summed E-state index contributed by atoms with van der Waals surface area (Å²) in [5.41, 5.74) is 2.20. The predicted octanol–water partition coefficient (Wildman–Crippen LogP) is 3.76. The largest absolute Gasteiger partial charge is 0.484 e. The van der Waals surface area contributed by atoms with Crippen molar-refractivity contribution < 1.29 is 22.3 Å². The fourth-order valence-corrected chi connectivity index (χ4v) is 4.68. The van der Waals surface area contributed by atoms with E-state index in [9.17, 15) is 17.6 Å². The summed E-state index contributed by atoms with van der Waals surface area (Å²) in [6, 6.07) is 19.2. The number of rotatable bonds is 10. The molecule has 186 valence electrons. The van der Waals surface area contributed by atoms with Crippen LogP contribution >= 0.6 is 0 Å². The van der Waals surface area contributed by atoms with Gasteiger partial charge in [0.05, 0.1) is 16.6 Å². The van der Waals surface area contributed by atoms with Gasteiger partial charge in [0.25, 0.3) is 15.9 Å². The number of nitrogens with zero attached hydrogens (tertiary/aromatic N) is 2. The van der Waals surface area contributed by atoms with Gasteiger partial charge < -0.3 is 15.0 Å². The Bertz CT molecular complexity index is 1250. The zero-order valence-corrected chi connectivity index (χ0v) is 21.0. The maximum atomic E-state index is 13.6. The minimum Gasteiger partial charge on any atom is -0.484 e. The number of benzene rings is 3. The average molecular weight is 500 g/mol. The van der Waals surface area contributed by atoms with Crippen LogP contribution < -0.4 is 14.4 Å². The molecule has 0 aliphatic heterocycles. The molecule has 0 aliphatic rings. The molecule has 1 amide bonds. The lowest BCUT2D eigenvalue weighted by molar-refractivity contribution is -0.123. The number of hydrogen-bond donors (Lipinski definition) is 1. The minimum absolute atomic E-state index is 0.194. The van der Waals surface area contributed by atoms with Crippen LogP contribution in [0.1, 0.15) is 17.2 Å². The molecule has 0 saturated heterocycles. The molecule has 35 heavy (non-hydrogen) atoms. The molecule has 9 heteroatoms. The van der Waals surface area contributed by atoms with Gasteiger partial charge in [0.15, 0.2) is 6.61 Å². The van der Waals surface area contributed by atoms with Crippen molar-refractivity contribution in [2.45, 2.75) is 17.9 Å². The highest BCUT2D eigenvalue weighted by atomic mass is 32.2. The fourth-order valence-electron chi connectivity index (χ4n) is 3.48. The van der Waals surface area contributed by atoms with Crippen molar-refractivity contribution in [1.82, 2.24) is 10.2 Å². The highest BCUT2D eigenvalue weighted by Crippen LogP contribution is 2.24. The van der Waals surface area contributed by atoms with Crippen molar-refractivity contribution >= 4 is 21.6 Å². The van der Waals surface area contributed by atoms with Crippen molar-refractivity contribution in [1.29, 1.82) is 0 Å². The number of carbonyl (C=O) groups is 1. The van der Waals surface area contributed by atoms with Gasteiger partial charge in [-0.05, 0) is 75.1 Å². The smallest absolute Gasteiger partial charge is 0.264 e. The normalized spacial score (nSPS) is 12.3. The van der Waals surface area contributed by atoms with Gasteiger partial charge in [0.1, 0.15) is 11.6 Å². The molecule has 7 nitrogen and oxygen atoms in total. The Morgan fingerprint density at radius 2 is 1.66 bits per heavy atom. The van der Waals surface area contributed by atoms with Crippen LogP contribution in [0.3, 0.4) is 0 Å². The number of anilines is 1. The number of nitrogens with one attached hydrogen (secondary N) is 1. The third-order valence-corrected chi connectivity index (χ3v) is 7.40. The lowest BCUT2D eigenvalue weighted by Gasteiger charge is -2.25. The molecular formula is C26H30FN3O4S. The first-order valence-electron chi connectivity index (χ1n) is 11.0. The molecule has 0 heterocycles. The second-order valence-corrected chi connectivity index (χ2v) is 10.4. The maximum absolute atomic E-state index is 13.6. The molecule has 0 radical (unpaired) electrons. The summed E-state index contributed by atoms with van der Waals surface area (Å²) in [7, 11) is 1.50. The first-order valence-corrected chi connectivity index (χ1v) is 12.5. The summed E-state index contributed by atoms with van der Waals surface area (Å²) in [6.07, 6.45) is 0. The van der Waals surface area contributed by atoms with Crippen molar-refractivity contribution in [2.75, 3.05) is 38.6 Å². The Morgan fingerprint density at radius 1 is 1.00 bits per heavy atom. The molecule has 3 aromatic rings. The molecular weight excluding hydrogens is 469 g/mol. The summed E-state index contributed by atoms with van der Waals surface area (Å²) >= 11 is 0. The predicted molar refractivity (Wildman–Crippen MR) is 135 cm³/mol. The third kappa shape index (κ3) is 6.80. The van der Waals surface area contributed by atoms with Gasteiger partial charge in [-0.3, -0.25) is 9.10 Å². The van der Waals surface area contributed by atoms with E-state index in [0.29, 0.717) is 18.0 Å². The molecule has 1 atom stereocenters. The van der Waals surface area contributed by atoms with Gasteiger partial charge in [0.2, 0.25) is 0 Å². The highest BCUT2D eigenvalue weighted by molar-refractivity contribution is 7.92. The van der Waals surface area contributed by atoms with E-state index in [0.717, 1.165) is 11.1 Å². The van der Waals surface area contributed by atoms with Gasteiger partial charge in [-0.2, -0.15) is 0 Å². The molecule has 0 aliphatic carbocycles. The first kappa shape index (κ1) is 26.2. The van der Waals surface area contributed by atoms with E-state index in [-0.39, 0.29) is 29.3 Å². The van der Waals surface area contributed by atoms with E-state index in [1.807, 2.05) is 32.0 Å². The van der Waals surface area contributed by atoms with Crippen LogP contribution in [0.4, 0.5) is 10.1 Å². The van der Waals surface area contributed by atoms with E-state index in [1.54, 1.807) is 54.6 Å². The van der Waals surface area contributed by atoms with Gasteiger partial charge in [-0.25, -0.2) is 12.8 Å². The van der Waals surface area contributed by atoms with E-state index >= 15 is 0 Å². The number of hydrogen-bond acceptors (Lipinski definition) is 5. The minimum atomic E-state index is -3.69. The third-order valence-electron chi connectivity index (χ3n) is 5.60. The van der Waals surface area contributed by atoms with Crippen molar-refractivity contribution in [2.24, 2.45) is 0 Å². The molecule has 0 unspecified atom stereocenters. The van der Waals surface area contributed by atoms with Crippen LogP contribution in [0.15, 0.2) is 77.7 Å². The van der Waals surface area contributed by atoms with Gasteiger partial charge >= 0.3 is 0 Å². The molecule has 3 aromatic carbocycles. The monoisotopic (exact) mass is 499 g/mol. The summed E-state index contributed by atoms with van der Waals surface area (Å²) in [5, 5.41) is 2.81. The van der Waals surface area contributed by atoms with E-state index in [2.05, 4.69) is 5.32 Å². The lowest BCUT2D eigenvalue weighted by atomic mass is 10.1. The van der Waals surface area contributed by atoms with Crippen LogP contribution in [-0.4, -0.2) is 53.5 Å². The number of halogens is 1. The number of sulfonamides is 1. The lowest BCUT2D eigenvalue weighted by Crippen LogP contribution is -2.36. The molecule has 0 spiro atoms. The van der Waals surface area contributed by atoms with Gasteiger partial charge in [0, 0.05) is 13.6 Å². The SMILES string of the molecule is Cc1ccc(S(=O)(=O)N(C)c2ccc(OCC(=O)NC[C@@H](c3cccc(F)c3)N(C)C)cc2)cc1. The summed E-state index contributed by atoms with van der Waals surface area (Å²) < 4.78 is 46.0. The first-order chi connectivity index (χ1) is 16.6. The van der Waals surface area contributed by atoms with Crippen LogP contribution in [-0.2, 0) is 14.8 Å². The van der Waals surface area contributed by atoms with Crippen molar-refractivity contribution in [3.8, 4) is 5.75 Å². The fraction of sp³-hybridized carbons (Fsp3) is 0.269. The van der Waals surface area contributed by atoms with E-state index in [1.165, 1.54) is 23.5 Å². The Labute approximate surface area is 206 Å². The molecule has 0 saturated carbocycles. The van der Waals surface area contributed by atoms with Crippen molar-refractivity contribution in [3.05, 3.63) is 89.7 Å². The highest BCUT2D eigenvalue weighted by Gasteiger charge is 2.21. The summed E-state index contributed by atoms with van der Waals surface area (Å²) in [5.74, 6) is -0.222. The number of aryl methyl sites for hydroxylation is 1. The topological polar surface area (TPSA) is 78.9 Å². The number of ether oxygens (including phenoxy) is 1. The van der Waals surface area contributed by atoms with Crippen LogP contribution in [0, 0.1) is 12.7 Å². The molecule has 0 fully saturated rings. The second-order valence-electron chi connectivity index (χ2n) is 8.41. The Balaban J connectivity index is 1.56. The Kier molecular flexibility index (Phi) is 8.48. The summed E-state index contributed by atoms with van der Waals surface area (Å²) in [4.78, 5) is 14.4. The van der Waals surface area contributed by atoms with Crippen molar-refractivity contribution in [3.63, 3.8) is 0 Å². The quantitative estimate of drug-likeness (QED) is 0.460. The molecule has 0 bridgehead atoms. The molecule has 3 rings (SSSR count). The maximum Gasteiger partial charge on any atom is 0.264 e. The zero-order chi connectivity index (χ0) is 25.6. The summed E-state index contributed by atoms with van der Waals surface area (Å²) in [6.45, 7) is 1.98. The Hall–Kier alpha value is -3.43. The number of amides is 1. The number of likely N-dealkylation sites (N-methyl/N-ethyl adjacent to an activating group) is 1. The van der Waals surface area contributed by atoms with Gasteiger partial charge in [-0.1, -0.05) is 29.8 Å². The van der Waals surface area contributed by atoms with E-state index in [4.69, 9.17) is 4.74 Å².